The highest BCUT2D eigenvalue weighted by Crippen LogP contribution is 2.16. The number of primary amides is 1. The minimum Gasteiger partial charge on any atom is -0.452 e. The molecule has 1 amide bonds. The van der Waals surface area contributed by atoms with Crippen molar-refractivity contribution < 1.29 is 24.1 Å². The minimum absolute atomic E-state index is 0.246. The van der Waals surface area contributed by atoms with E-state index in [2.05, 4.69) is 0 Å². The van der Waals surface area contributed by atoms with Gasteiger partial charge in [-0.05, 0) is 34.6 Å². The van der Waals surface area contributed by atoms with Crippen LogP contribution in [0.25, 0.3) is 0 Å². The zero-order chi connectivity index (χ0) is 13.7. The smallest absolute Gasteiger partial charge is 0.397 e. The average molecular weight is 247 g/mol. The summed E-state index contributed by atoms with van der Waals surface area (Å²) in [6, 6.07) is 0. The lowest BCUT2D eigenvalue weighted by atomic mass is 10.1. The molecule has 0 aliphatic carbocycles. The van der Waals surface area contributed by atoms with Crippen molar-refractivity contribution in [1.29, 1.82) is 0 Å². The molecule has 0 fully saturated rings. The molecule has 0 saturated heterocycles. The van der Waals surface area contributed by atoms with E-state index in [0.29, 0.717) is 6.42 Å². The third-order valence-corrected chi connectivity index (χ3v) is 1.67. The van der Waals surface area contributed by atoms with Gasteiger partial charge in [0, 0.05) is 6.42 Å². The zero-order valence-electron chi connectivity index (χ0n) is 11.0. The summed E-state index contributed by atoms with van der Waals surface area (Å²) in [6.45, 7) is 9.13. The normalized spacial score (nSPS) is 12.3. The van der Waals surface area contributed by atoms with Gasteiger partial charge in [0.1, 0.15) is 5.60 Å². The van der Waals surface area contributed by atoms with E-state index in [1.807, 2.05) is 20.8 Å². The first-order chi connectivity index (χ1) is 7.53. The number of amides is 1. The summed E-state index contributed by atoms with van der Waals surface area (Å²) in [4.78, 5) is 31.5. The molecule has 0 aromatic rings. The van der Waals surface area contributed by atoms with E-state index in [4.69, 9.17) is 20.2 Å². The topological polar surface area (TPSA) is 87.8 Å². The number of carbonyl (C=O) groups excluding carboxylic acids is 2. The largest absolute Gasteiger partial charge is 0.452 e. The first-order valence-electron chi connectivity index (χ1n) is 5.37. The molecule has 100 valence electrons. The molecule has 0 aromatic carbocycles. The Kier molecular flexibility index (Phi) is 5.57. The standard InChI is InChI=1S/C11H21NO5/c1-10(2,3)17-15-7-6-11(4,5)16-9(14)8(12)13/h6-7H2,1-5H3,(H2,12,13). The highest BCUT2D eigenvalue weighted by Gasteiger charge is 2.25. The van der Waals surface area contributed by atoms with Crippen LogP contribution < -0.4 is 5.73 Å². The second-order valence-corrected chi connectivity index (χ2v) is 5.28. The fourth-order valence-corrected chi connectivity index (χ4v) is 0.858. The van der Waals surface area contributed by atoms with Gasteiger partial charge >= 0.3 is 11.9 Å². The monoisotopic (exact) mass is 247 g/mol. The maximum atomic E-state index is 11.0. The summed E-state index contributed by atoms with van der Waals surface area (Å²) >= 11 is 0. The summed E-state index contributed by atoms with van der Waals surface area (Å²) in [5.74, 6) is -2.16. The van der Waals surface area contributed by atoms with Gasteiger partial charge in [-0.25, -0.2) is 14.6 Å². The number of nitrogens with two attached hydrogens (primary N) is 1. The summed E-state index contributed by atoms with van der Waals surface area (Å²) in [5.41, 5.74) is 3.56. The summed E-state index contributed by atoms with van der Waals surface area (Å²) in [5, 5.41) is 0. The molecular weight excluding hydrogens is 226 g/mol. The van der Waals surface area contributed by atoms with E-state index in [1.54, 1.807) is 13.8 Å². The highest BCUT2D eigenvalue weighted by molar-refractivity contribution is 6.31. The molecule has 0 bridgehead atoms. The fraction of sp³-hybridized carbons (Fsp3) is 0.818. The van der Waals surface area contributed by atoms with Crippen LogP contribution >= 0.6 is 0 Å². The Bertz CT molecular complexity index is 280. The van der Waals surface area contributed by atoms with E-state index >= 15 is 0 Å². The van der Waals surface area contributed by atoms with Gasteiger partial charge in [0.15, 0.2) is 0 Å². The molecule has 0 atom stereocenters. The molecule has 0 heterocycles. The Morgan fingerprint density at radius 1 is 1.12 bits per heavy atom. The third kappa shape index (κ3) is 8.65. The lowest BCUT2D eigenvalue weighted by Crippen LogP contribution is -2.36. The van der Waals surface area contributed by atoms with E-state index in [0.717, 1.165) is 0 Å². The average Bonchev–Trinajstić information content (AvgIpc) is 2.10. The van der Waals surface area contributed by atoms with Crippen LogP contribution in [0, 0.1) is 0 Å². The Labute approximate surface area is 101 Å². The first kappa shape index (κ1) is 15.9. The summed E-state index contributed by atoms with van der Waals surface area (Å²) < 4.78 is 4.88. The molecule has 2 N–H and O–H groups in total. The van der Waals surface area contributed by atoms with Crippen LogP contribution in [0.1, 0.15) is 41.0 Å². The number of rotatable bonds is 5. The molecule has 6 heteroatoms. The van der Waals surface area contributed by atoms with Crippen LogP contribution in [0.2, 0.25) is 0 Å². The van der Waals surface area contributed by atoms with Crippen molar-refractivity contribution in [1.82, 2.24) is 0 Å². The predicted molar refractivity (Wildman–Crippen MR) is 60.8 cm³/mol. The minimum atomic E-state index is -1.11. The molecule has 0 aromatic heterocycles. The van der Waals surface area contributed by atoms with Crippen LogP contribution in [0.5, 0.6) is 0 Å². The van der Waals surface area contributed by atoms with Crippen LogP contribution in [0.3, 0.4) is 0 Å². The number of hydrogen-bond donors (Lipinski definition) is 1. The van der Waals surface area contributed by atoms with Crippen LogP contribution in [-0.4, -0.2) is 29.7 Å². The van der Waals surface area contributed by atoms with Gasteiger partial charge in [0.05, 0.1) is 12.2 Å². The molecule has 0 aliphatic heterocycles. The van der Waals surface area contributed by atoms with Crippen molar-refractivity contribution in [2.45, 2.75) is 52.2 Å². The second kappa shape index (κ2) is 5.97. The van der Waals surface area contributed by atoms with Crippen molar-refractivity contribution in [3.05, 3.63) is 0 Å². The molecule has 0 radical (unpaired) electrons. The molecule has 0 aliphatic rings. The Morgan fingerprint density at radius 3 is 2.06 bits per heavy atom. The lowest BCUT2D eigenvalue weighted by molar-refractivity contribution is -0.351. The fourth-order valence-electron chi connectivity index (χ4n) is 0.858. The zero-order valence-corrected chi connectivity index (χ0v) is 11.0. The van der Waals surface area contributed by atoms with Gasteiger partial charge in [0.25, 0.3) is 0 Å². The van der Waals surface area contributed by atoms with Crippen molar-refractivity contribution >= 4 is 11.9 Å². The van der Waals surface area contributed by atoms with Crippen molar-refractivity contribution in [2.24, 2.45) is 5.73 Å². The van der Waals surface area contributed by atoms with Crippen molar-refractivity contribution in [2.75, 3.05) is 6.61 Å². The molecule has 0 unspecified atom stereocenters. The molecular formula is C11H21NO5. The van der Waals surface area contributed by atoms with Gasteiger partial charge in [-0.1, -0.05) is 0 Å². The maximum absolute atomic E-state index is 11.0. The maximum Gasteiger partial charge on any atom is 0.397 e. The molecule has 0 saturated carbocycles. The lowest BCUT2D eigenvalue weighted by Gasteiger charge is -2.25. The van der Waals surface area contributed by atoms with Crippen molar-refractivity contribution in [3.63, 3.8) is 0 Å². The molecule has 17 heavy (non-hydrogen) atoms. The van der Waals surface area contributed by atoms with Gasteiger partial charge in [-0.2, -0.15) is 0 Å². The van der Waals surface area contributed by atoms with Crippen LogP contribution in [0.4, 0.5) is 0 Å². The van der Waals surface area contributed by atoms with Gasteiger partial charge < -0.3 is 10.5 Å². The highest BCUT2D eigenvalue weighted by atomic mass is 17.2. The molecule has 0 spiro atoms. The second-order valence-electron chi connectivity index (χ2n) is 5.28. The third-order valence-electron chi connectivity index (χ3n) is 1.67. The predicted octanol–water partition coefficient (Wildman–Crippen LogP) is 0.930. The van der Waals surface area contributed by atoms with E-state index < -0.39 is 23.1 Å². The number of carbonyl (C=O) groups is 2. The summed E-state index contributed by atoms with van der Waals surface area (Å²) in [7, 11) is 0. The Balaban J connectivity index is 3.94. The van der Waals surface area contributed by atoms with Gasteiger partial charge in [-0.15, -0.1) is 0 Å². The van der Waals surface area contributed by atoms with Gasteiger partial charge in [-0.3, -0.25) is 4.79 Å². The Morgan fingerprint density at radius 2 is 1.65 bits per heavy atom. The number of hydrogen-bond acceptors (Lipinski definition) is 5. The molecule has 0 rings (SSSR count). The van der Waals surface area contributed by atoms with Gasteiger partial charge in [0.2, 0.25) is 0 Å². The van der Waals surface area contributed by atoms with Crippen molar-refractivity contribution in [3.8, 4) is 0 Å². The number of ether oxygens (including phenoxy) is 1. The van der Waals surface area contributed by atoms with Crippen LogP contribution in [0.15, 0.2) is 0 Å². The molecule has 6 nitrogen and oxygen atoms in total. The quantitative estimate of drug-likeness (QED) is 0.257. The summed E-state index contributed by atoms with van der Waals surface area (Å²) in [6.07, 6.45) is 0.391. The SMILES string of the molecule is CC(C)(C)OOCCC(C)(C)OC(=O)C(N)=O. The van der Waals surface area contributed by atoms with E-state index in [-0.39, 0.29) is 6.61 Å². The number of esters is 1. The van der Waals surface area contributed by atoms with E-state index in [9.17, 15) is 9.59 Å². The van der Waals surface area contributed by atoms with Crippen LogP contribution in [-0.2, 0) is 24.1 Å². The van der Waals surface area contributed by atoms with E-state index in [1.165, 1.54) is 0 Å². The Hall–Kier alpha value is -1.14. The first-order valence-corrected chi connectivity index (χ1v) is 5.37.